The van der Waals surface area contributed by atoms with Gasteiger partial charge in [-0.2, -0.15) is 4.98 Å². The van der Waals surface area contributed by atoms with E-state index < -0.39 is 12.4 Å². The van der Waals surface area contributed by atoms with E-state index in [0.717, 1.165) is 0 Å². The van der Waals surface area contributed by atoms with Gasteiger partial charge in [-0.1, -0.05) is 0 Å². The van der Waals surface area contributed by atoms with E-state index in [9.17, 15) is 4.39 Å². The summed E-state index contributed by atoms with van der Waals surface area (Å²) in [4.78, 5) is 9.80. The van der Waals surface area contributed by atoms with Crippen LogP contribution in [0.4, 0.5) is 15.9 Å². The lowest BCUT2D eigenvalue weighted by atomic mass is 10.3. The predicted molar refractivity (Wildman–Crippen MR) is 58.5 cm³/mol. The number of rotatable bonds is 2. The van der Waals surface area contributed by atoms with E-state index in [1.165, 1.54) is 25.8 Å². The molecular weight excluding hydrogens is 227 g/mol. The quantitative estimate of drug-likeness (QED) is 0.825. The molecule has 2 aliphatic heterocycles. The van der Waals surface area contributed by atoms with Crippen molar-refractivity contribution in [1.29, 1.82) is 0 Å². The minimum absolute atomic E-state index is 0.414. The van der Waals surface area contributed by atoms with Crippen molar-refractivity contribution in [2.24, 2.45) is 0 Å². The number of ether oxygens (including phenoxy) is 2. The second kappa shape index (κ2) is 3.76. The number of anilines is 2. The zero-order chi connectivity index (χ0) is 11.8. The molecule has 3 heterocycles. The Bertz CT molecular complexity index is 468. The van der Waals surface area contributed by atoms with Gasteiger partial charge in [0.15, 0.2) is 12.0 Å². The number of alkyl halides is 1. The average molecular weight is 238 g/mol. The SMILES string of the molecule is COc1ncnc2c1NCN2C1OC=CC1F. The molecule has 0 spiro atoms. The van der Waals surface area contributed by atoms with Crippen molar-refractivity contribution < 1.29 is 13.9 Å². The molecule has 0 radical (unpaired) electrons. The van der Waals surface area contributed by atoms with Crippen LogP contribution in [-0.2, 0) is 4.74 Å². The fraction of sp³-hybridized carbons (Fsp3) is 0.400. The lowest BCUT2D eigenvalue weighted by Gasteiger charge is -2.25. The third kappa shape index (κ3) is 1.46. The van der Waals surface area contributed by atoms with Crippen molar-refractivity contribution in [2.45, 2.75) is 12.4 Å². The van der Waals surface area contributed by atoms with Gasteiger partial charge in [0.05, 0.1) is 20.0 Å². The normalized spacial score (nSPS) is 25.4. The summed E-state index contributed by atoms with van der Waals surface area (Å²) in [6, 6.07) is 0. The van der Waals surface area contributed by atoms with E-state index in [4.69, 9.17) is 9.47 Å². The maximum absolute atomic E-state index is 13.6. The van der Waals surface area contributed by atoms with Crippen LogP contribution < -0.4 is 15.0 Å². The Morgan fingerprint density at radius 2 is 2.47 bits per heavy atom. The molecule has 2 aliphatic rings. The Morgan fingerprint density at radius 3 is 3.18 bits per heavy atom. The van der Waals surface area contributed by atoms with Gasteiger partial charge in [-0.25, -0.2) is 9.37 Å². The summed E-state index contributed by atoms with van der Waals surface area (Å²) >= 11 is 0. The van der Waals surface area contributed by atoms with Crippen LogP contribution in [0.2, 0.25) is 0 Å². The predicted octanol–water partition coefficient (Wildman–Crippen LogP) is 0.883. The number of nitrogens with one attached hydrogen (secondary N) is 1. The van der Waals surface area contributed by atoms with Gasteiger partial charge in [0, 0.05) is 0 Å². The van der Waals surface area contributed by atoms with Crippen LogP contribution in [0.15, 0.2) is 18.7 Å². The molecule has 1 aromatic heterocycles. The fourth-order valence-electron chi connectivity index (χ4n) is 1.95. The maximum atomic E-state index is 13.6. The Labute approximate surface area is 97.1 Å². The molecule has 2 unspecified atom stereocenters. The van der Waals surface area contributed by atoms with Crippen molar-refractivity contribution in [3.8, 4) is 5.88 Å². The summed E-state index contributed by atoms with van der Waals surface area (Å²) in [5.41, 5.74) is 0.665. The highest BCUT2D eigenvalue weighted by atomic mass is 19.1. The molecule has 0 saturated heterocycles. The summed E-state index contributed by atoms with van der Waals surface area (Å²) in [5, 5.41) is 3.07. The number of hydrogen-bond donors (Lipinski definition) is 1. The van der Waals surface area contributed by atoms with E-state index >= 15 is 0 Å². The lowest BCUT2D eigenvalue weighted by molar-refractivity contribution is 0.110. The Kier molecular flexibility index (Phi) is 2.24. The monoisotopic (exact) mass is 238 g/mol. The van der Waals surface area contributed by atoms with E-state index in [0.29, 0.717) is 24.1 Å². The first-order valence-corrected chi connectivity index (χ1v) is 5.17. The third-order valence-corrected chi connectivity index (χ3v) is 2.74. The molecule has 0 aromatic carbocycles. The number of hydrogen-bond acceptors (Lipinski definition) is 6. The van der Waals surface area contributed by atoms with E-state index in [1.807, 2.05) is 0 Å². The third-order valence-electron chi connectivity index (χ3n) is 2.74. The van der Waals surface area contributed by atoms with Gasteiger partial charge in [-0.05, 0) is 6.08 Å². The van der Waals surface area contributed by atoms with Crippen molar-refractivity contribution >= 4 is 11.5 Å². The summed E-state index contributed by atoms with van der Waals surface area (Å²) in [5.74, 6) is 1.03. The molecular formula is C10H11FN4O2. The molecule has 7 heteroatoms. The van der Waals surface area contributed by atoms with Crippen molar-refractivity contribution in [1.82, 2.24) is 9.97 Å². The van der Waals surface area contributed by atoms with Crippen LogP contribution in [0.1, 0.15) is 0 Å². The molecule has 0 amide bonds. The summed E-state index contributed by atoms with van der Waals surface area (Å²) in [7, 11) is 1.53. The molecule has 1 aromatic rings. The molecule has 1 N–H and O–H groups in total. The first-order valence-electron chi connectivity index (χ1n) is 5.17. The second-order valence-electron chi connectivity index (χ2n) is 3.69. The van der Waals surface area contributed by atoms with Crippen LogP contribution in [0.5, 0.6) is 5.88 Å². The highest BCUT2D eigenvalue weighted by Gasteiger charge is 2.36. The molecule has 0 aliphatic carbocycles. The van der Waals surface area contributed by atoms with E-state index in [1.54, 1.807) is 4.90 Å². The van der Waals surface area contributed by atoms with Gasteiger partial charge in [0.1, 0.15) is 12.0 Å². The Hall–Kier alpha value is -2.05. The van der Waals surface area contributed by atoms with Crippen LogP contribution in [0.3, 0.4) is 0 Å². The number of fused-ring (bicyclic) bond motifs is 1. The first-order chi connectivity index (χ1) is 8.31. The highest BCUT2D eigenvalue weighted by Crippen LogP contribution is 2.38. The zero-order valence-corrected chi connectivity index (χ0v) is 9.13. The molecule has 17 heavy (non-hydrogen) atoms. The summed E-state index contributed by atoms with van der Waals surface area (Å²) in [6.07, 6.45) is 2.28. The van der Waals surface area contributed by atoms with Crippen LogP contribution in [-0.4, -0.2) is 36.1 Å². The summed E-state index contributed by atoms with van der Waals surface area (Å²) < 4.78 is 23.9. The summed E-state index contributed by atoms with van der Waals surface area (Å²) in [6.45, 7) is 0.414. The van der Waals surface area contributed by atoms with E-state index in [-0.39, 0.29) is 0 Å². The van der Waals surface area contributed by atoms with Gasteiger partial charge in [-0.15, -0.1) is 0 Å². The zero-order valence-electron chi connectivity index (χ0n) is 9.13. The molecule has 0 bridgehead atoms. The molecule has 3 rings (SSSR count). The smallest absolute Gasteiger partial charge is 0.242 e. The van der Waals surface area contributed by atoms with Crippen LogP contribution in [0.25, 0.3) is 0 Å². The number of nitrogens with zero attached hydrogens (tertiary/aromatic N) is 3. The van der Waals surface area contributed by atoms with E-state index in [2.05, 4.69) is 15.3 Å². The standard InChI is InChI=1S/C10H11FN4O2/c1-16-9-7-8(12-4-13-9)15(5-14-7)10-6(11)2-3-17-10/h2-4,6,10,14H,5H2,1H3. The van der Waals surface area contributed by atoms with Gasteiger partial charge < -0.3 is 14.8 Å². The Morgan fingerprint density at radius 1 is 1.59 bits per heavy atom. The molecule has 0 fully saturated rings. The topological polar surface area (TPSA) is 59.5 Å². The first kappa shape index (κ1) is 10.1. The van der Waals surface area contributed by atoms with Crippen LogP contribution >= 0.6 is 0 Å². The maximum Gasteiger partial charge on any atom is 0.242 e. The van der Waals surface area contributed by atoms with Gasteiger partial charge in [0.2, 0.25) is 12.1 Å². The van der Waals surface area contributed by atoms with Crippen molar-refractivity contribution in [2.75, 3.05) is 24.0 Å². The minimum Gasteiger partial charge on any atom is -0.479 e. The molecule has 6 nitrogen and oxygen atoms in total. The second-order valence-corrected chi connectivity index (χ2v) is 3.69. The number of aromatic nitrogens is 2. The lowest BCUT2D eigenvalue weighted by Crippen LogP contribution is -2.40. The minimum atomic E-state index is -1.16. The van der Waals surface area contributed by atoms with Crippen molar-refractivity contribution in [3.05, 3.63) is 18.7 Å². The van der Waals surface area contributed by atoms with Gasteiger partial charge >= 0.3 is 0 Å². The van der Waals surface area contributed by atoms with Gasteiger partial charge in [-0.3, -0.25) is 4.90 Å². The number of methoxy groups -OCH3 is 1. The highest BCUT2D eigenvalue weighted by molar-refractivity contribution is 5.75. The van der Waals surface area contributed by atoms with Gasteiger partial charge in [0.25, 0.3) is 0 Å². The van der Waals surface area contributed by atoms with Crippen LogP contribution in [0, 0.1) is 0 Å². The van der Waals surface area contributed by atoms with Crippen molar-refractivity contribution in [3.63, 3.8) is 0 Å². The average Bonchev–Trinajstić information content (AvgIpc) is 2.94. The molecule has 0 saturated carbocycles. The Balaban J connectivity index is 1.94. The fourth-order valence-corrected chi connectivity index (χ4v) is 1.95. The number of halogens is 1. The molecule has 90 valence electrons. The largest absolute Gasteiger partial charge is 0.479 e. The molecule has 2 atom stereocenters.